The van der Waals surface area contributed by atoms with Crippen LogP contribution < -0.4 is 5.32 Å². The highest BCUT2D eigenvalue weighted by atomic mass is 16.4. The van der Waals surface area contributed by atoms with Crippen molar-refractivity contribution in [2.45, 2.75) is 18.9 Å². The van der Waals surface area contributed by atoms with E-state index in [0.29, 0.717) is 22.5 Å². The summed E-state index contributed by atoms with van der Waals surface area (Å²) in [6.45, 7) is 3.11. The van der Waals surface area contributed by atoms with Crippen LogP contribution in [-0.4, -0.2) is 52.5 Å². The van der Waals surface area contributed by atoms with E-state index in [4.69, 9.17) is 9.52 Å². The van der Waals surface area contributed by atoms with E-state index in [9.17, 15) is 9.59 Å². The van der Waals surface area contributed by atoms with Crippen LogP contribution in [0.2, 0.25) is 0 Å². The number of aromatic nitrogens is 1. The van der Waals surface area contributed by atoms with Crippen LogP contribution in [0.15, 0.2) is 22.9 Å². The maximum Gasteiger partial charge on any atom is 0.382 e. The van der Waals surface area contributed by atoms with E-state index in [1.807, 2.05) is 0 Å². The van der Waals surface area contributed by atoms with Crippen molar-refractivity contribution < 1.29 is 19.1 Å². The Hall–Kier alpha value is -2.85. The molecule has 2 bridgehead atoms. The number of carboxylic acid groups (broad SMARTS) is 1. The van der Waals surface area contributed by atoms with Crippen LogP contribution in [0.4, 0.5) is 0 Å². The summed E-state index contributed by atoms with van der Waals surface area (Å²) in [6, 6.07) is 1.75. The van der Waals surface area contributed by atoms with Crippen molar-refractivity contribution in [3.05, 3.63) is 29.8 Å². The van der Waals surface area contributed by atoms with E-state index in [0.717, 1.165) is 32.5 Å². The first-order valence-electron chi connectivity index (χ1n) is 8.25. The lowest BCUT2D eigenvalue weighted by molar-refractivity contribution is -0.130. The summed E-state index contributed by atoms with van der Waals surface area (Å²) >= 11 is 0. The summed E-state index contributed by atoms with van der Waals surface area (Å²) in [5, 5.41) is 12.4. The highest BCUT2D eigenvalue weighted by molar-refractivity contribution is 5.97. The molecule has 0 saturated carbocycles. The average molecular weight is 339 g/mol. The molecule has 1 amide bonds. The number of furan rings is 1. The fraction of sp³-hybridized carbons (Fsp3) is 0.389. The second kappa shape index (κ2) is 6.22. The summed E-state index contributed by atoms with van der Waals surface area (Å²) < 4.78 is 5.31. The van der Waals surface area contributed by atoms with Gasteiger partial charge in [-0.25, -0.2) is 9.78 Å². The van der Waals surface area contributed by atoms with Gasteiger partial charge in [-0.05, 0) is 37.9 Å². The van der Waals surface area contributed by atoms with E-state index in [2.05, 4.69) is 27.0 Å². The molecule has 7 nitrogen and oxygen atoms in total. The Bertz CT molecular complexity index is 900. The van der Waals surface area contributed by atoms with Gasteiger partial charge in [-0.3, -0.25) is 4.79 Å². The zero-order valence-electron chi connectivity index (χ0n) is 13.5. The van der Waals surface area contributed by atoms with Crippen molar-refractivity contribution >= 4 is 22.8 Å². The molecule has 25 heavy (non-hydrogen) atoms. The number of hydrogen-bond acceptors (Lipinski definition) is 5. The van der Waals surface area contributed by atoms with Crippen molar-refractivity contribution in [3.63, 3.8) is 0 Å². The van der Waals surface area contributed by atoms with Crippen molar-refractivity contribution in [2.75, 3.05) is 19.6 Å². The van der Waals surface area contributed by atoms with E-state index in [1.54, 1.807) is 6.07 Å². The van der Waals surface area contributed by atoms with Crippen molar-refractivity contribution in [2.24, 2.45) is 5.92 Å². The molecule has 0 spiro atoms. The molecule has 0 radical (unpaired) electrons. The van der Waals surface area contributed by atoms with Gasteiger partial charge in [-0.2, -0.15) is 0 Å². The molecule has 3 aliphatic heterocycles. The van der Waals surface area contributed by atoms with Gasteiger partial charge in [0.2, 0.25) is 0 Å². The first-order chi connectivity index (χ1) is 12.1. The SMILES string of the molecule is O=C(O)C#Cc1coc2cnc(C(=O)N[C@H]3CN4CCC3CC4)cc12. The maximum absolute atomic E-state index is 12.6. The Kier molecular flexibility index (Phi) is 3.90. The molecule has 0 unspecified atom stereocenters. The standard InChI is InChI=1S/C18H17N3O4/c22-17(23)2-1-12-10-25-16-8-19-14(7-13(12)16)18(24)20-15-9-21-5-3-11(15)4-6-21/h7-8,10-11,15H,3-6,9H2,(H,20,24)(H,22,23)/t15-/m0/s1. The predicted molar refractivity (Wildman–Crippen MR) is 88.9 cm³/mol. The van der Waals surface area contributed by atoms with Gasteiger partial charge in [0, 0.05) is 23.9 Å². The second-order valence-electron chi connectivity index (χ2n) is 6.49. The molecule has 1 atom stereocenters. The number of rotatable bonds is 2. The van der Waals surface area contributed by atoms with E-state index < -0.39 is 5.97 Å². The Morgan fingerprint density at radius 2 is 2.16 bits per heavy atom. The summed E-state index contributed by atoms with van der Waals surface area (Å²) in [7, 11) is 0. The van der Waals surface area contributed by atoms with Gasteiger partial charge in [0.25, 0.3) is 5.91 Å². The number of hydrogen-bond donors (Lipinski definition) is 2. The third kappa shape index (κ3) is 3.08. The lowest BCUT2D eigenvalue weighted by Gasteiger charge is -2.44. The number of pyridine rings is 1. The van der Waals surface area contributed by atoms with Crippen LogP contribution in [0.1, 0.15) is 28.9 Å². The van der Waals surface area contributed by atoms with Crippen molar-refractivity contribution in [1.29, 1.82) is 0 Å². The van der Waals surface area contributed by atoms with Crippen LogP contribution in [0.25, 0.3) is 11.0 Å². The van der Waals surface area contributed by atoms with E-state index in [1.165, 1.54) is 12.5 Å². The van der Waals surface area contributed by atoms with Gasteiger partial charge in [-0.1, -0.05) is 5.92 Å². The molecule has 3 aliphatic rings. The number of nitrogens with one attached hydrogen (secondary N) is 1. The van der Waals surface area contributed by atoms with Crippen LogP contribution in [-0.2, 0) is 4.79 Å². The number of aliphatic carboxylic acids is 1. The molecule has 2 aromatic rings. The Morgan fingerprint density at radius 3 is 2.84 bits per heavy atom. The predicted octanol–water partition coefficient (Wildman–Crippen LogP) is 1.09. The second-order valence-corrected chi connectivity index (χ2v) is 6.49. The van der Waals surface area contributed by atoms with Gasteiger partial charge >= 0.3 is 5.97 Å². The smallest absolute Gasteiger partial charge is 0.382 e. The number of carboxylic acids is 1. The van der Waals surface area contributed by atoms with Gasteiger partial charge in [0.15, 0.2) is 5.58 Å². The molecule has 7 heteroatoms. The number of carbonyl (C=O) groups is 2. The van der Waals surface area contributed by atoms with Crippen LogP contribution in [0.5, 0.6) is 0 Å². The Morgan fingerprint density at radius 1 is 1.36 bits per heavy atom. The molecule has 0 aromatic carbocycles. The van der Waals surface area contributed by atoms with Gasteiger partial charge in [0.1, 0.15) is 12.0 Å². The molecule has 128 valence electrons. The topological polar surface area (TPSA) is 95.7 Å². The fourth-order valence-electron chi connectivity index (χ4n) is 3.65. The molecule has 5 rings (SSSR count). The van der Waals surface area contributed by atoms with E-state index in [-0.39, 0.29) is 17.6 Å². The van der Waals surface area contributed by atoms with Gasteiger partial charge in [0.05, 0.1) is 11.8 Å². The molecule has 3 saturated heterocycles. The molecular formula is C18H17N3O4. The Labute approximate surface area is 144 Å². The minimum absolute atomic E-state index is 0.156. The zero-order valence-corrected chi connectivity index (χ0v) is 13.5. The zero-order chi connectivity index (χ0) is 17.4. The largest absolute Gasteiger partial charge is 0.472 e. The third-order valence-corrected chi connectivity index (χ3v) is 4.97. The third-order valence-electron chi connectivity index (χ3n) is 4.97. The first kappa shape index (κ1) is 15.7. The van der Waals surface area contributed by atoms with Crippen LogP contribution in [0.3, 0.4) is 0 Å². The number of fused-ring (bicyclic) bond motifs is 4. The van der Waals surface area contributed by atoms with Crippen LogP contribution >= 0.6 is 0 Å². The fourth-order valence-corrected chi connectivity index (χ4v) is 3.65. The molecule has 5 heterocycles. The number of amides is 1. The molecule has 2 N–H and O–H groups in total. The van der Waals surface area contributed by atoms with Gasteiger partial charge < -0.3 is 19.7 Å². The Balaban J connectivity index is 1.56. The average Bonchev–Trinajstić information content (AvgIpc) is 3.03. The van der Waals surface area contributed by atoms with Gasteiger partial charge in [-0.15, -0.1) is 0 Å². The molecule has 2 aromatic heterocycles. The van der Waals surface area contributed by atoms with E-state index >= 15 is 0 Å². The normalized spacial score (nSPS) is 24.6. The highest BCUT2D eigenvalue weighted by Gasteiger charge is 2.35. The minimum atomic E-state index is -1.22. The quantitative estimate of drug-likeness (QED) is 0.795. The monoisotopic (exact) mass is 339 g/mol. The summed E-state index contributed by atoms with van der Waals surface area (Å²) in [5.74, 6) is 3.67. The summed E-state index contributed by atoms with van der Waals surface area (Å²) in [6.07, 6.45) is 5.08. The minimum Gasteiger partial charge on any atom is -0.472 e. The lowest BCUT2D eigenvalue weighted by atomic mass is 9.84. The molecular weight excluding hydrogens is 322 g/mol. The first-order valence-corrected chi connectivity index (χ1v) is 8.25. The number of piperidine rings is 3. The number of carbonyl (C=O) groups excluding carboxylic acids is 1. The maximum atomic E-state index is 12.6. The lowest BCUT2D eigenvalue weighted by Crippen LogP contribution is -2.57. The number of nitrogens with zero attached hydrogens (tertiary/aromatic N) is 2. The molecule has 0 aliphatic carbocycles. The molecule has 3 fully saturated rings. The summed E-state index contributed by atoms with van der Waals surface area (Å²) in [5.41, 5.74) is 1.18. The summed E-state index contributed by atoms with van der Waals surface area (Å²) in [4.78, 5) is 29.7. The van der Waals surface area contributed by atoms with Crippen LogP contribution in [0, 0.1) is 17.8 Å². The van der Waals surface area contributed by atoms with Crippen molar-refractivity contribution in [1.82, 2.24) is 15.2 Å². The van der Waals surface area contributed by atoms with Crippen molar-refractivity contribution in [3.8, 4) is 11.8 Å². The highest BCUT2D eigenvalue weighted by Crippen LogP contribution is 2.28.